The lowest BCUT2D eigenvalue weighted by atomic mass is 10.0. The predicted octanol–water partition coefficient (Wildman–Crippen LogP) is 0.853. The van der Waals surface area contributed by atoms with Gasteiger partial charge in [0.1, 0.15) is 34.1 Å². The Morgan fingerprint density at radius 1 is 0.729 bits per heavy atom. The van der Waals surface area contributed by atoms with Crippen LogP contribution in [0.4, 0.5) is 11.6 Å². The Labute approximate surface area is 345 Å². The van der Waals surface area contributed by atoms with Crippen LogP contribution < -0.4 is 25.0 Å². The number of nitrogens with zero attached hydrogens (tertiary/aromatic N) is 6. The first kappa shape index (κ1) is 47.9. The summed E-state index contributed by atoms with van der Waals surface area (Å²) in [5, 5.41) is 27.1. The van der Waals surface area contributed by atoms with E-state index in [-0.39, 0.29) is 71.9 Å². The summed E-state index contributed by atoms with van der Waals surface area (Å²) in [5.41, 5.74) is 5.17. The number of anilines is 2. The summed E-state index contributed by atoms with van der Waals surface area (Å²) >= 11 is 0. The number of fused-ring (bicyclic) bond motifs is 6. The number of aliphatic hydroxyl groups excluding tert-OH is 2. The molecule has 22 heteroatoms. The van der Waals surface area contributed by atoms with Crippen molar-refractivity contribution in [3.8, 4) is 11.5 Å². The van der Waals surface area contributed by atoms with E-state index in [0.717, 1.165) is 12.5 Å². The SMILES string of the molecule is C[C@@H]1COC[C@H]2COc3c(nc(C(=O)O)nc3C(C)(C)S(C)(=O)=O)N21.C[C@H](O)CCC(=O)c1nc2c(c(C(C)(C)S(C)(=O)=O)n1)OC[C@@H]1COC[C@@H](C)N21.C[C@H](O)CN. The Morgan fingerprint density at radius 3 is 1.47 bits per heavy atom. The number of hydrogen-bond acceptors (Lipinski definition) is 19. The van der Waals surface area contributed by atoms with E-state index in [4.69, 9.17) is 29.8 Å². The molecule has 2 fully saturated rings. The van der Waals surface area contributed by atoms with Crippen LogP contribution in [0.3, 0.4) is 0 Å². The van der Waals surface area contributed by atoms with Gasteiger partial charge in [-0.3, -0.25) is 4.79 Å². The number of carbonyl (C=O) groups excluding carboxylic acids is 1. The first-order valence-corrected chi connectivity index (χ1v) is 23.1. The molecule has 0 bridgehead atoms. The third kappa shape index (κ3) is 10.4. The minimum absolute atomic E-state index is 0.0130. The average Bonchev–Trinajstić information content (AvgIpc) is 3.15. The van der Waals surface area contributed by atoms with E-state index in [1.54, 1.807) is 27.7 Å². The molecule has 0 aliphatic carbocycles. The van der Waals surface area contributed by atoms with Gasteiger partial charge >= 0.3 is 5.97 Å². The van der Waals surface area contributed by atoms with Gasteiger partial charge < -0.3 is 49.8 Å². The molecule has 0 radical (unpaired) electrons. The number of carboxylic acids is 1. The van der Waals surface area contributed by atoms with E-state index in [1.807, 2.05) is 23.6 Å². The normalized spacial score (nSPS) is 22.5. The van der Waals surface area contributed by atoms with Crippen molar-refractivity contribution in [3.05, 3.63) is 23.0 Å². The van der Waals surface area contributed by atoms with Gasteiger partial charge in [-0.05, 0) is 61.8 Å². The number of carbonyl (C=O) groups is 2. The summed E-state index contributed by atoms with van der Waals surface area (Å²) in [6, 6.07) is -0.245. The number of carboxylic acid groups (broad SMARTS) is 1. The second-order valence-corrected chi connectivity index (χ2v) is 21.5. The van der Waals surface area contributed by atoms with Gasteiger partial charge in [0, 0.05) is 25.5 Å². The smallest absolute Gasteiger partial charge is 0.374 e. The first-order valence-electron chi connectivity index (χ1n) is 19.3. The molecule has 0 saturated carbocycles. The maximum Gasteiger partial charge on any atom is 0.374 e. The van der Waals surface area contributed by atoms with Crippen LogP contribution in [-0.4, -0.2) is 159 Å². The Balaban J connectivity index is 0.000000236. The molecule has 6 rings (SSSR count). The van der Waals surface area contributed by atoms with Crippen molar-refractivity contribution in [1.82, 2.24) is 19.9 Å². The second-order valence-electron chi connectivity index (χ2n) is 16.4. The monoisotopic (exact) mass is 873 g/mol. The van der Waals surface area contributed by atoms with Crippen molar-refractivity contribution in [3.63, 3.8) is 0 Å². The number of ketones is 1. The van der Waals surface area contributed by atoms with E-state index in [2.05, 4.69) is 19.9 Å². The highest BCUT2D eigenvalue weighted by molar-refractivity contribution is 7.91. The van der Waals surface area contributed by atoms with E-state index in [0.29, 0.717) is 63.6 Å². The lowest BCUT2D eigenvalue weighted by Gasteiger charge is -2.45. The molecule has 6 heterocycles. The molecule has 0 aromatic carbocycles. The molecule has 2 aromatic heterocycles. The van der Waals surface area contributed by atoms with Crippen LogP contribution in [-0.2, 0) is 38.6 Å². The van der Waals surface area contributed by atoms with Gasteiger partial charge in [0.15, 0.2) is 54.4 Å². The zero-order chi connectivity index (χ0) is 44.4. The van der Waals surface area contributed by atoms with Crippen molar-refractivity contribution in [2.24, 2.45) is 5.73 Å². The number of sulfone groups is 2. The minimum Gasteiger partial charge on any atom is -0.486 e. The van der Waals surface area contributed by atoms with Crippen molar-refractivity contribution < 1.29 is 60.7 Å². The maximum absolute atomic E-state index is 12.7. The highest BCUT2D eigenvalue weighted by Gasteiger charge is 2.46. The lowest BCUT2D eigenvalue weighted by Crippen LogP contribution is -2.56. The Kier molecular flexibility index (Phi) is 15.0. The molecule has 0 amide bonds. The molecule has 4 aliphatic rings. The number of hydrogen-bond donors (Lipinski definition) is 4. The Hall–Kier alpha value is -3.80. The number of ether oxygens (including phenoxy) is 4. The van der Waals surface area contributed by atoms with E-state index in [9.17, 15) is 36.6 Å². The number of morpholine rings is 2. The molecule has 20 nitrogen and oxygen atoms in total. The zero-order valence-corrected chi connectivity index (χ0v) is 37.0. The fourth-order valence-electron chi connectivity index (χ4n) is 6.50. The maximum atomic E-state index is 12.7. The van der Waals surface area contributed by atoms with Gasteiger partial charge in [-0.15, -0.1) is 0 Å². The number of Topliss-reactive ketones (excluding diaryl/α,β-unsaturated/α-hetero) is 1. The lowest BCUT2D eigenvalue weighted by molar-refractivity contribution is 0.0479. The summed E-state index contributed by atoms with van der Waals surface area (Å²) < 4.78 is 69.6. The van der Waals surface area contributed by atoms with Gasteiger partial charge in [-0.25, -0.2) is 41.6 Å². The van der Waals surface area contributed by atoms with Crippen LogP contribution in [0, 0.1) is 0 Å². The summed E-state index contributed by atoms with van der Waals surface area (Å²) in [6.45, 7) is 16.1. The van der Waals surface area contributed by atoms with E-state index < -0.39 is 47.1 Å². The van der Waals surface area contributed by atoms with Crippen LogP contribution >= 0.6 is 0 Å². The van der Waals surface area contributed by atoms with Crippen LogP contribution in [0.1, 0.15) is 101 Å². The number of aromatic carboxylic acids is 1. The quantitative estimate of drug-likeness (QED) is 0.241. The summed E-state index contributed by atoms with van der Waals surface area (Å²) in [7, 11) is -7.15. The standard InChI is InChI=1S/C19H29N3O6S.C15H21N3O6S.C3H9NO/c1-11-8-27-9-13-10-28-15-16(19(3,4)29(5,25)26)20-17(21-18(15)22(11)13)14(24)7-6-12(2)23;1-8-5-23-6-9-7-24-10-11(15(2,3)25(4,21)22)16-12(14(19)20)17-13(10)18(8)9;1-3(5)2-4/h11-13,23H,6-10H2,1-5H3;8-9H,5-7H2,1-4H3,(H,19,20);3,5H,2,4H2,1H3/t11-,12+,13+;8-,9+;3-/m110/s1. The molecule has 4 aliphatic heterocycles. The Bertz CT molecular complexity index is 2080. The van der Waals surface area contributed by atoms with Crippen LogP contribution in [0.2, 0.25) is 0 Å². The molecule has 5 N–H and O–H groups in total. The largest absolute Gasteiger partial charge is 0.486 e. The van der Waals surface area contributed by atoms with Crippen molar-refractivity contribution >= 4 is 43.1 Å². The van der Waals surface area contributed by atoms with Gasteiger partial charge in [0.25, 0.3) is 0 Å². The Morgan fingerprint density at radius 2 is 1.12 bits per heavy atom. The number of aliphatic hydroxyl groups is 2. The molecule has 0 unspecified atom stereocenters. The fraction of sp³-hybridized carbons (Fsp3) is 0.730. The number of aromatic nitrogens is 4. The number of rotatable bonds is 10. The van der Waals surface area contributed by atoms with Crippen molar-refractivity contribution in [1.29, 1.82) is 0 Å². The molecule has 0 spiro atoms. The molecule has 6 atom stereocenters. The topological polar surface area (TPSA) is 284 Å². The van der Waals surface area contributed by atoms with E-state index in [1.165, 1.54) is 13.8 Å². The summed E-state index contributed by atoms with van der Waals surface area (Å²) in [6.07, 6.45) is 1.60. The van der Waals surface area contributed by atoms with Gasteiger partial charge in [-0.2, -0.15) is 0 Å². The molecule has 2 saturated heterocycles. The third-order valence-corrected chi connectivity index (χ3v) is 14.8. The average molecular weight is 874 g/mol. The van der Waals surface area contributed by atoms with Crippen molar-refractivity contribution in [2.45, 2.75) is 114 Å². The molecule has 2 aromatic rings. The second kappa shape index (κ2) is 18.4. The predicted molar refractivity (Wildman–Crippen MR) is 217 cm³/mol. The molecular formula is C37H59N7O13S2. The minimum atomic E-state index is -3.58. The van der Waals surface area contributed by atoms with Gasteiger partial charge in [-0.1, -0.05) is 0 Å². The summed E-state index contributed by atoms with van der Waals surface area (Å²) in [5.74, 6) is -0.903. The highest BCUT2D eigenvalue weighted by atomic mass is 32.2. The van der Waals surface area contributed by atoms with Crippen LogP contribution in [0.15, 0.2) is 0 Å². The van der Waals surface area contributed by atoms with Gasteiger partial charge in [0.05, 0.1) is 62.8 Å². The van der Waals surface area contributed by atoms with Crippen LogP contribution in [0.25, 0.3) is 0 Å². The molecule has 332 valence electrons. The fourth-order valence-corrected chi connectivity index (χ4v) is 7.48. The number of nitrogens with two attached hydrogens (primary N) is 1. The zero-order valence-electron chi connectivity index (χ0n) is 35.3. The molecule has 59 heavy (non-hydrogen) atoms. The van der Waals surface area contributed by atoms with Crippen LogP contribution in [0.5, 0.6) is 11.5 Å². The van der Waals surface area contributed by atoms with Gasteiger partial charge in [0.2, 0.25) is 5.82 Å². The molecular weight excluding hydrogens is 815 g/mol. The third-order valence-electron chi connectivity index (χ3n) is 10.7. The highest BCUT2D eigenvalue weighted by Crippen LogP contribution is 2.45. The van der Waals surface area contributed by atoms with E-state index >= 15 is 0 Å². The van der Waals surface area contributed by atoms with Crippen molar-refractivity contribution in [2.75, 3.05) is 68.5 Å². The first-order chi connectivity index (χ1) is 27.2. The summed E-state index contributed by atoms with van der Waals surface area (Å²) in [4.78, 5) is 45.2.